The summed E-state index contributed by atoms with van der Waals surface area (Å²) in [5, 5.41) is 11.4. The van der Waals surface area contributed by atoms with E-state index in [0.717, 1.165) is 22.7 Å². The van der Waals surface area contributed by atoms with Gasteiger partial charge in [-0.15, -0.1) is 11.3 Å². The number of methoxy groups -OCH3 is 1. The Labute approximate surface area is 146 Å². The standard InChI is InChI=1S/C18H23NO4S/c1-3-4-5-6-9-23-15-8-7-13(10-16(15)22-2)18-19-14(12-24-18)11-17(20)21/h7-8,10,12H,3-6,9,11H2,1-2H3,(H,20,21). The predicted octanol–water partition coefficient (Wildman–Crippen LogP) is 4.40. The molecule has 0 unspecified atom stereocenters. The predicted molar refractivity (Wildman–Crippen MR) is 95.1 cm³/mol. The number of carboxylic acids is 1. The van der Waals surface area contributed by atoms with Crippen molar-refractivity contribution in [2.75, 3.05) is 13.7 Å². The van der Waals surface area contributed by atoms with Crippen LogP contribution in [0, 0.1) is 0 Å². The van der Waals surface area contributed by atoms with Crippen LogP contribution in [0.1, 0.15) is 38.3 Å². The zero-order chi connectivity index (χ0) is 17.4. The van der Waals surface area contributed by atoms with Gasteiger partial charge in [-0.3, -0.25) is 4.79 Å². The second kappa shape index (κ2) is 9.27. The Morgan fingerprint density at radius 1 is 1.25 bits per heavy atom. The van der Waals surface area contributed by atoms with Gasteiger partial charge in [0, 0.05) is 10.9 Å². The minimum Gasteiger partial charge on any atom is -0.493 e. The van der Waals surface area contributed by atoms with Gasteiger partial charge in [-0.25, -0.2) is 4.98 Å². The van der Waals surface area contributed by atoms with E-state index in [1.54, 1.807) is 12.5 Å². The van der Waals surface area contributed by atoms with Crippen molar-refractivity contribution in [1.29, 1.82) is 0 Å². The summed E-state index contributed by atoms with van der Waals surface area (Å²) in [4.78, 5) is 15.1. The molecule has 0 fully saturated rings. The van der Waals surface area contributed by atoms with Gasteiger partial charge in [0.25, 0.3) is 0 Å². The van der Waals surface area contributed by atoms with E-state index < -0.39 is 5.97 Å². The van der Waals surface area contributed by atoms with Crippen LogP contribution < -0.4 is 9.47 Å². The van der Waals surface area contributed by atoms with Crippen LogP contribution in [0.4, 0.5) is 0 Å². The van der Waals surface area contributed by atoms with Gasteiger partial charge >= 0.3 is 5.97 Å². The minimum atomic E-state index is -0.878. The van der Waals surface area contributed by atoms with Crippen molar-refractivity contribution in [1.82, 2.24) is 4.98 Å². The molecule has 0 spiro atoms. The lowest BCUT2D eigenvalue weighted by molar-refractivity contribution is -0.136. The Bertz CT molecular complexity index is 669. The number of aliphatic carboxylic acids is 1. The van der Waals surface area contributed by atoms with Gasteiger partial charge in [-0.2, -0.15) is 0 Å². The van der Waals surface area contributed by atoms with Crippen molar-refractivity contribution < 1.29 is 19.4 Å². The smallest absolute Gasteiger partial charge is 0.309 e. The molecule has 0 bridgehead atoms. The van der Waals surface area contributed by atoms with Crippen molar-refractivity contribution in [3.8, 4) is 22.1 Å². The SMILES string of the molecule is CCCCCCOc1ccc(-c2nc(CC(=O)O)cs2)cc1OC. The molecule has 1 aromatic carbocycles. The lowest BCUT2D eigenvalue weighted by Crippen LogP contribution is -2.00. The highest BCUT2D eigenvalue weighted by atomic mass is 32.1. The normalized spacial score (nSPS) is 10.6. The first-order valence-corrected chi connectivity index (χ1v) is 8.99. The highest BCUT2D eigenvalue weighted by Crippen LogP contribution is 2.34. The molecule has 0 atom stereocenters. The summed E-state index contributed by atoms with van der Waals surface area (Å²) in [5.41, 5.74) is 1.46. The lowest BCUT2D eigenvalue weighted by Gasteiger charge is -2.11. The van der Waals surface area contributed by atoms with E-state index in [1.807, 2.05) is 18.2 Å². The van der Waals surface area contributed by atoms with Gasteiger partial charge < -0.3 is 14.6 Å². The monoisotopic (exact) mass is 349 g/mol. The fourth-order valence-corrected chi connectivity index (χ4v) is 3.12. The van der Waals surface area contributed by atoms with Gasteiger partial charge in [0.05, 0.1) is 25.8 Å². The Hall–Kier alpha value is -2.08. The summed E-state index contributed by atoms with van der Waals surface area (Å²) < 4.78 is 11.2. The summed E-state index contributed by atoms with van der Waals surface area (Å²) in [7, 11) is 1.61. The number of thiazole rings is 1. The molecule has 0 radical (unpaired) electrons. The van der Waals surface area contributed by atoms with E-state index in [4.69, 9.17) is 14.6 Å². The Morgan fingerprint density at radius 2 is 2.08 bits per heavy atom. The molecule has 130 valence electrons. The molecule has 0 aliphatic carbocycles. The van der Waals surface area contributed by atoms with Crippen molar-refractivity contribution in [2.45, 2.75) is 39.0 Å². The summed E-state index contributed by atoms with van der Waals surface area (Å²) in [5.74, 6) is 0.509. The average molecular weight is 349 g/mol. The third-order valence-electron chi connectivity index (χ3n) is 3.55. The second-order valence-electron chi connectivity index (χ2n) is 5.49. The summed E-state index contributed by atoms with van der Waals surface area (Å²) in [6, 6.07) is 5.68. The molecular weight excluding hydrogens is 326 g/mol. The molecule has 0 saturated heterocycles. The third-order valence-corrected chi connectivity index (χ3v) is 4.49. The van der Waals surface area contributed by atoms with Crippen LogP contribution in [0.5, 0.6) is 11.5 Å². The minimum absolute atomic E-state index is 0.0629. The number of unbranched alkanes of at least 4 members (excludes halogenated alkanes) is 3. The van der Waals surface area contributed by atoms with Crippen LogP contribution in [0.15, 0.2) is 23.6 Å². The summed E-state index contributed by atoms with van der Waals surface area (Å²) in [6.07, 6.45) is 4.57. The first-order valence-electron chi connectivity index (χ1n) is 8.11. The van der Waals surface area contributed by atoms with E-state index in [-0.39, 0.29) is 6.42 Å². The molecular formula is C18H23NO4S. The molecule has 24 heavy (non-hydrogen) atoms. The molecule has 1 N–H and O–H groups in total. The van der Waals surface area contributed by atoms with Crippen molar-refractivity contribution in [3.05, 3.63) is 29.3 Å². The van der Waals surface area contributed by atoms with Crippen LogP contribution in [0.2, 0.25) is 0 Å². The molecule has 1 aromatic heterocycles. The van der Waals surface area contributed by atoms with Crippen LogP contribution in [-0.4, -0.2) is 29.8 Å². The number of benzene rings is 1. The van der Waals surface area contributed by atoms with Crippen LogP contribution in [-0.2, 0) is 11.2 Å². The molecule has 0 aliphatic heterocycles. The van der Waals surface area contributed by atoms with Gasteiger partial charge in [-0.05, 0) is 24.6 Å². The number of carboxylic acid groups (broad SMARTS) is 1. The molecule has 0 saturated carbocycles. The largest absolute Gasteiger partial charge is 0.493 e. The number of hydrogen-bond acceptors (Lipinski definition) is 5. The van der Waals surface area contributed by atoms with Crippen molar-refractivity contribution in [3.63, 3.8) is 0 Å². The summed E-state index contributed by atoms with van der Waals surface area (Å²) >= 11 is 1.43. The van der Waals surface area contributed by atoms with E-state index in [9.17, 15) is 4.79 Å². The number of aromatic nitrogens is 1. The van der Waals surface area contributed by atoms with Crippen LogP contribution in [0.25, 0.3) is 10.6 Å². The molecule has 5 nitrogen and oxygen atoms in total. The van der Waals surface area contributed by atoms with E-state index in [0.29, 0.717) is 18.1 Å². The Kier molecular flexibility index (Phi) is 7.06. The van der Waals surface area contributed by atoms with Crippen LogP contribution >= 0.6 is 11.3 Å². The molecule has 2 aromatic rings. The number of carbonyl (C=O) groups is 1. The van der Waals surface area contributed by atoms with Crippen LogP contribution in [0.3, 0.4) is 0 Å². The number of rotatable bonds is 10. The van der Waals surface area contributed by atoms with Gasteiger partial charge in [-0.1, -0.05) is 26.2 Å². The maximum atomic E-state index is 10.8. The van der Waals surface area contributed by atoms with Crippen molar-refractivity contribution >= 4 is 17.3 Å². The molecule has 1 heterocycles. The van der Waals surface area contributed by atoms with Gasteiger partial charge in [0.2, 0.25) is 0 Å². The third kappa shape index (κ3) is 5.23. The molecule has 6 heteroatoms. The zero-order valence-corrected chi connectivity index (χ0v) is 14.9. The first kappa shape index (κ1) is 18.3. The Morgan fingerprint density at radius 3 is 2.79 bits per heavy atom. The van der Waals surface area contributed by atoms with E-state index in [1.165, 1.54) is 30.6 Å². The topological polar surface area (TPSA) is 68.7 Å². The van der Waals surface area contributed by atoms with E-state index >= 15 is 0 Å². The number of nitrogens with zero attached hydrogens (tertiary/aromatic N) is 1. The first-order chi connectivity index (χ1) is 11.6. The molecule has 0 aliphatic rings. The average Bonchev–Trinajstić information content (AvgIpc) is 3.02. The fraction of sp³-hybridized carbons (Fsp3) is 0.444. The second-order valence-corrected chi connectivity index (χ2v) is 6.35. The highest BCUT2D eigenvalue weighted by Gasteiger charge is 2.11. The molecule has 2 rings (SSSR count). The maximum absolute atomic E-state index is 10.8. The highest BCUT2D eigenvalue weighted by molar-refractivity contribution is 7.13. The maximum Gasteiger partial charge on any atom is 0.309 e. The Balaban J connectivity index is 2.05. The van der Waals surface area contributed by atoms with Gasteiger partial charge in [0.1, 0.15) is 5.01 Å². The van der Waals surface area contributed by atoms with E-state index in [2.05, 4.69) is 11.9 Å². The molecule has 0 amide bonds. The lowest BCUT2D eigenvalue weighted by atomic mass is 10.2. The zero-order valence-electron chi connectivity index (χ0n) is 14.1. The summed E-state index contributed by atoms with van der Waals surface area (Å²) in [6.45, 7) is 2.86. The number of hydrogen-bond donors (Lipinski definition) is 1. The number of ether oxygens (including phenoxy) is 2. The van der Waals surface area contributed by atoms with Crippen molar-refractivity contribution in [2.24, 2.45) is 0 Å². The fourth-order valence-electron chi connectivity index (χ4n) is 2.31. The van der Waals surface area contributed by atoms with Gasteiger partial charge in [0.15, 0.2) is 11.5 Å². The quantitative estimate of drug-likeness (QED) is 0.644.